The van der Waals surface area contributed by atoms with Crippen molar-refractivity contribution in [2.45, 2.75) is 119 Å². The van der Waals surface area contributed by atoms with Gasteiger partial charge in [0.05, 0.1) is 23.0 Å². The Bertz CT molecular complexity index is 2810. The van der Waals surface area contributed by atoms with Crippen LogP contribution in [0.3, 0.4) is 0 Å². The second-order valence-electron chi connectivity index (χ2n) is 18.3. The van der Waals surface area contributed by atoms with Crippen LogP contribution in [0.5, 0.6) is 0 Å². The molecule has 0 saturated carbocycles. The molecule has 2 aromatic heterocycles. The SMILES string of the molecule is C=C.C=C/C(CC)=C(\C=C1\c2nc3ccc(NCCC(CCC)CCn4ccc5cc(N(C(=C)Cl)C(=N)c6cc7c(cc6CC)C7C)ccc54)cc3c(CC)c2CN1C)[C@@](C)(CC)C(=C)C#N. The molecule has 0 spiro atoms. The lowest BCUT2D eigenvalue weighted by atomic mass is 9.71. The summed E-state index contributed by atoms with van der Waals surface area (Å²) in [6.07, 6.45) is 14.2. The van der Waals surface area contributed by atoms with Crippen molar-refractivity contribution in [3.05, 3.63) is 167 Å². The van der Waals surface area contributed by atoms with Crippen LogP contribution in [0.1, 0.15) is 132 Å². The van der Waals surface area contributed by atoms with Gasteiger partial charge in [0.25, 0.3) is 0 Å². The average molecular weight is 915 g/mol. The van der Waals surface area contributed by atoms with Crippen LogP contribution < -0.4 is 10.2 Å². The molecule has 0 amide bonds. The lowest BCUT2D eigenvalue weighted by Crippen LogP contribution is -2.28. The number of nitrogens with one attached hydrogen (secondary N) is 2. The van der Waals surface area contributed by atoms with Gasteiger partial charge in [-0.1, -0.05) is 105 Å². The number of nitrogens with zero attached hydrogens (tertiary/aromatic N) is 5. The Morgan fingerprint density at radius 2 is 1.78 bits per heavy atom. The molecule has 0 saturated heterocycles. The van der Waals surface area contributed by atoms with Crippen LogP contribution >= 0.6 is 11.6 Å². The molecule has 3 atom stereocenters. The number of aromatic nitrogens is 2. The van der Waals surface area contributed by atoms with Gasteiger partial charge >= 0.3 is 0 Å². The molecule has 350 valence electrons. The van der Waals surface area contributed by atoms with Crippen LogP contribution in [0.2, 0.25) is 0 Å². The molecule has 7 rings (SSSR count). The summed E-state index contributed by atoms with van der Waals surface area (Å²) in [7, 11) is 2.14. The minimum atomic E-state index is -0.508. The molecular formula is C59H72ClN7. The van der Waals surface area contributed by atoms with E-state index in [0.717, 1.165) is 115 Å². The van der Waals surface area contributed by atoms with Crippen LogP contribution in [0.4, 0.5) is 11.4 Å². The zero-order chi connectivity index (χ0) is 48.7. The molecule has 2 aliphatic rings. The maximum Gasteiger partial charge on any atom is 0.138 e. The second kappa shape index (κ2) is 21.7. The number of nitriles is 1. The highest BCUT2D eigenvalue weighted by molar-refractivity contribution is 6.34. The summed E-state index contributed by atoms with van der Waals surface area (Å²) in [5.41, 5.74) is 16.0. The maximum absolute atomic E-state index is 9.98. The van der Waals surface area contributed by atoms with Gasteiger partial charge in [0, 0.05) is 88.6 Å². The lowest BCUT2D eigenvalue weighted by molar-refractivity contribution is 0.400. The number of rotatable bonds is 20. The van der Waals surface area contributed by atoms with Gasteiger partial charge in [0.2, 0.25) is 0 Å². The highest BCUT2D eigenvalue weighted by Crippen LogP contribution is 2.46. The molecule has 67 heavy (non-hydrogen) atoms. The van der Waals surface area contributed by atoms with E-state index in [-0.39, 0.29) is 0 Å². The van der Waals surface area contributed by atoms with E-state index < -0.39 is 5.41 Å². The Morgan fingerprint density at radius 3 is 2.42 bits per heavy atom. The quantitative estimate of drug-likeness (QED) is 0.0203. The van der Waals surface area contributed by atoms with Crippen molar-refractivity contribution >= 4 is 56.3 Å². The normalized spacial score (nSPS) is 16.0. The van der Waals surface area contributed by atoms with Crippen LogP contribution in [-0.4, -0.2) is 33.9 Å². The van der Waals surface area contributed by atoms with E-state index in [2.05, 4.69) is 176 Å². The van der Waals surface area contributed by atoms with Gasteiger partial charge in [0.1, 0.15) is 11.0 Å². The molecule has 0 bridgehead atoms. The highest BCUT2D eigenvalue weighted by atomic mass is 35.5. The van der Waals surface area contributed by atoms with Crippen molar-refractivity contribution in [1.82, 2.24) is 14.5 Å². The molecule has 8 heteroatoms. The predicted octanol–water partition coefficient (Wildman–Crippen LogP) is 15.6. The second-order valence-corrected chi connectivity index (χ2v) is 18.8. The summed E-state index contributed by atoms with van der Waals surface area (Å²) >= 11 is 6.64. The average Bonchev–Trinajstić information content (AvgIpc) is 3.60. The zero-order valence-electron chi connectivity index (χ0n) is 41.5. The zero-order valence-corrected chi connectivity index (χ0v) is 42.3. The Morgan fingerprint density at radius 1 is 1.03 bits per heavy atom. The first-order chi connectivity index (χ1) is 32.3. The molecule has 1 aliphatic heterocycles. The van der Waals surface area contributed by atoms with Crippen molar-refractivity contribution in [1.29, 1.82) is 10.7 Å². The summed E-state index contributed by atoms with van der Waals surface area (Å²) in [5, 5.41) is 25.7. The molecule has 7 nitrogen and oxygen atoms in total. The number of hydrogen-bond acceptors (Lipinski definition) is 5. The van der Waals surface area contributed by atoms with Crippen molar-refractivity contribution in [2.75, 3.05) is 23.8 Å². The van der Waals surface area contributed by atoms with Gasteiger partial charge in [-0.25, -0.2) is 4.98 Å². The maximum atomic E-state index is 9.98. The van der Waals surface area contributed by atoms with E-state index in [0.29, 0.717) is 28.4 Å². The van der Waals surface area contributed by atoms with E-state index >= 15 is 0 Å². The smallest absolute Gasteiger partial charge is 0.138 e. The summed E-state index contributed by atoms with van der Waals surface area (Å²) in [5.74, 6) is 1.41. The molecule has 2 unspecified atom stereocenters. The fourth-order valence-electron chi connectivity index (χ4n) is 10.3. The van der Waals surface area contributed by atoms with Crippen LogP contribution in [0.15, 0.2) is 128 Å². The van der Waals surface area contributed by atoms with Crippen LogP contribution in [-0.2, 0) is 25.9 Å². The minimum Gasteiger partial charge on any atom is -0.385 e. The topological polar surface area (TPSA) is 84.0 Å². The van der Waals surface area contributed by atoms with E-state index in [4.69, 9.17) is 16.6 Å². The number of anilines is 2. The molecule has 0 radical (unpaired) electrons. The number of fused-ring (bicyclic) bond motifs is 4. The number of hydrogen-bond donors (Lipinski definition) is 2. The lowest BCUT2D eigenvalue weighted by Gasteiger charge is -2.32. The summed E-state index contributed by atoms with van der Waals surface area (Å²) in [6, 6.07) is 22.0. The van der Waals surface area contributed by atoms with Gasteiger partial charge in [0.15, 0.2) is 0 Å². The number of amidine groups is 1. The molecule has 1 aliphatic carbocycles. The largest absolute Gasteiger partial charge is 0.385 e. The summed E-state index contributed by atoms with van der Waals surface area (Å²) in [4.78, 5) is 9.40. The monoisotopic (exact) mass is 914 g/mol. The summed E-state index contributed by atoms with van der Waals surface area (Å²) in [6.45, 7) is 36.3. The molecule has 3 heterocycles. The van der Waals surface area contributed by atoms with Crippen LogP contribution in [0, 0.1) is 28.1 Å². The van der Waals surface area contributed by atoms with Gasteiger partial charge in [-0.3, -0.25) is 10.3 Å². The van der Waals surface area contributed by atoms with Crippen molar-refractivity contribution < 1.29 is 0 Å². The summed E-state index contributed by atoms with van der Waals surface area (Å²) < 4.78 is 2.37. The van der Waals surface area contributed by atoms with Gasteiger partial charge < -0.3 is 14.8 Å². The number of halogens is 1. The number of benzene rings is 3. The Labute approximate surface area is 406 Å². The third kappa shape index (κ3) is 9.97. The van der Waals surface area contributed by atoms with Crippen LogP contribution in [0.25, 0.3) is 27.5 Å². The van der Waals surface area contributed by atoms with Gasteiger partial charge in [-0.2, -0.15) is 5.26 Å². The van der Waals surface area contributed by atoms with E-state index in [1.54, 1.807) is 4.90 Å². The minimum absolute atomic E-state index is 0.312. The first kappa shape index (κ1) is 50.3. The van der Waals surface area contributed by atoms with Crippen molar-refractivity contribution in [2.24, 2.45) is 11.3 Å². The van der Waals surface area contributed by atoms with E-state index in [9.17, 15) is 10.7 Å². The van der Waals surface area contributed by atoms with Gasteiger partial charge in [-0.05, 0) is 132 Å². The number of allylic oxidation sites excluding steroid dienone is 5. The molecule has 2 N–H and O–H groups in total. The van der Waals surface area contributed by atoms with Gasteiger partial charge in [-0.15, -0.1) is 13.2 Å². The fraction of sp³-hybridized carbons (Fsp3) is 0.373. The Kier molecular flexibility index (Phi) is 16.3. The first-order valence-electron chi connectivity index (χ1n) is 24.3. The molecule has 5 aromatic rings. The predicted molar refractivity (Wildman–Crippen MR) is 288 cm³/mol. The number of pyridine rings is 1. The van der Waals surface area contributed by atoms with E-state index in [1.165, 1.54) is 45.1 Å². The Hall–Kier alpha value is -6.10. The molecular weight excluding hydrogens is 842 g/mol. The standard InChI is InChI=1S/C57H68ClN7.C2H4/c1-12-18-39(24-27-64-28-25-42-29-44(20-22-53(42)64)65(38(9)58)56(60)48-32-47-37(8)46(47)30-41(48)15-4)23-26-61-43-19-21-52-49(31-43)45(16-5)50-35-63(11)54(55(50)62-52)33-51(40(13-2)14-3)57(10,17-6)36(7)34-59;1-2/h13,19-22,25,28-33,37,39,60-61H,2,7,9,12,14-18,23-24,26-27,35H2,1,3-6,8,10-11H3;1-2H2/b51-40-,54-33-,60-56?;/t37?,39?,57-;/m0./s1. The third-order valence-corrected chi connectivity index (χ3v) is 14.8. The van der Waals surface area contributed by atoms with Crippen molar-refractivity contribution in [3.63, 3.8) is 0 Å². The van der Waals surface area contributed by atoms with Crippen molar-refractivity contribution in [3.8, 4) is 6.07 Å². The highest BCUT2D eigenvalue weighted by Gasteiger charge is 2.35. The first-order valence-corrected chi connectivity index (χ1v) is 24.7. The van der Waals surface area contributed by atoms with E-state index in [1.807, 2.05) is 6.08 Å². The Balaban J connectivity index is 0.00000365. The molecule has 0 fully saturated rings. The third-order valence-electron chi connectivity index (χ3n) is 14.6. The molecule has 3 aromatic carbocycles. The fourth-order valence-corrected chi connectivity index (χ4v) is 10.4. The number of aryl methyl sites for hydroxylation is 3.